The number of nitrogens with one attached hydrogen (secondary N) is 3. The summed E-state index contributed by atoms with van der Waals surface area (Å²) in [5.41, 5.74) is 8.73. The number of fused-ring (bicyclic) bond motifs is 1. The summed E-state index contributed by atoms with van der Waals surface area (Å²) in [7, 11) is 1.33. The summed E-state index contributed by atoms with van der Waals surface area (Å²) >= 11 is 0. The summed E-state index contributed by atoms with van der Waals surface area (Å²) in [6.45, 7) is 1.92. The van der Waals surface area contributed by atoms with E-state index in [9.17, 15) is 4.79 Å². The lowest BCUT2D eigenvalue weighted by atomic mass is 10.0. The smallest absolute Gasteiger partial charge is 0.425 e. The first-order valence-corrected chi connectivity index (χ1v) is 5.22. The third kappa shape index (κ3) is 2.43. The number of carbonyl (C=O) groups is 1. The summed E-state index contributed by atoms with van der Waals surface area (Å²) in [5.74, 6) is 0. The molecule has 1 aliphatic heterocycles. The minimum atomic E-state index is -0.501. The Morgan fingerprint density at radius 3 is 3.12 bits per heavy atom. The van der Waals surface area contributed by atoms with Crippen molar-refractivity contribution in [1.29, 1.82) is 0 Å². The van der Waals surface area contributed by atoms with Crippen LogP contribution in [0.5, 0.6) is 0 Å². The molecule has 2 rings (SSSR count). The largest absolute Gasteiger partial charge is 0.452 e. The van der Waals surface area contributed by atoms with Crippen molar-refractivity contribution in [2.45, 2.75) is 13.0 Å². The van der Waals surface area contributed by atoms with Gasteiger partial charge in [-0.05, 0) is 36.2 Å². The molecular formula is C11H15N3O2. The standard InChI is InChI=1S/C11H15N3O2/c1-16-11(15)14-13-10-3-2-9-7-12-5-4-8(9)6-10/h2-3,6,12-13H,4-5,7H2,1H3,(H,14,15). The van der Waals surface area contributed by atoms with E-state index < -0.39 is 6.09 Å². The Hall–Kier alpha value is -1.75. The topological polar surface area (TPSA) is 62.4 Å². The number of hydrogen-bond donors (Lipinski definition) is 3. The van der Waals surface area contributed by atoms with Gasteiger partial charge in [0, 0.05) is 6.54 Å². The van der Waals surface area contributed by atoms with Crippen LogP contribution in [0.15, 0.2) is 18.2 Å². The van der Waals surface area contributed by atoms with Gasteiger partial charge in [0.1, 0.15) is 0 Å². The molecule has 0 aliphatic carbocycles. The highest BCUT2D eigenvalue weighted by Gasteiger charge is 2.08. The van der Waals surface area contributed by atoms with Gasteiger partial charge in [0.25, 0.3) is 0 Å². The van der Waals surface area contributed by atoms with E-state index in [1.807, 2.05) is 12.1 Å². The Balaban J connectivity index is 2.03. The number of methoxy groups -OCH3 is 1. The van der Waals surface area contributed by atoms with E-state index >= 15 is 0 Å². The van der Waals surface area contributed by atoms with Crippen LogP contribution >= 0.6 is 0 Å². The highest BCUT2D eigenvalue weighted by atomic mass is 16.5. The van der Waals surface area contributed by atoms with E-state index in [4.69, 9.17) is 0 Å². The Morgan fingerprint density at radius 2 is 2.31 bits per heavy atom. The molecule has 0 spiro atoms. The fourth-order valence-corrected chi connectivity index (χ4v) is 1.73. The quantitative estimate of drug-likeness (QED) is 0.652. The van der Waals surface area contributed by atoms with Crippen molar-refractivity contribution in [2.75, 3.05) is 19.1 Å². The zero-order chi connectivity index (χ0) is 11.4. The minimum Gasteiger partial charge on any atom is -0.452 e. The lowest BCUT2D eigenvalue weighted by Crippen LogP contribution is -2.29. The molecule has 16 heavy (non-hydrogen) atoms. The summed E-state index contributed by atoms with van der Waals surface area (Å²) in [6.07, 6.45) is 0.516. The highest BCUT2D eigenvalue weighted by molar-refractivity contribution is 5.69. The molecule has 3 N–H and O–H groups in total. The van der Waals surface area contributed by atoms with Crippen molar-refractivity contribution in [3.05, 3.63) is 29.3 Å². The second kappa shape index (κ2) is 4.85. The Kier molecular flexibility index (Phi) is 3.26. The molecule has 1 aromatic rings. The van der Waals surface area contributed by atoms with E-state index in [1.165, 1.54) is 18.2 Å². The van der Waals surface area contributed by atoms with Crippen LogP contribution in [0.3, 0.4) is 0 Å². The van der Waals surface area contributed by atoms with Crippen molar-refractivity contribution in [2.24, 2.45) is 0 Å². The zero-order valence-corrected chi connectivity index (χ0v) is 9.17. The second-order valence-electron chi connectivity index (χ2n) is 3.65. The zero-order valence-electron chi connectivity index (χ0n) is 9.17. The lowest BCUT2D eigenvalue weighted by molar-refractivity contribution is 0.173. The van der Waals surface area contributed by atoms with Crippen LogP contribution in [0.2, 0.25) is 0 Å². The maximum Gasteiger partial charge on any atom is 0.425 e. The highest BCUT2D eigenvalue weighted by Crippen LogP contribution is 2.18. The van der Waals surface area contributed by atoms with Crippen LogP contribution in [0.1, 0.15) is 11.1 Å². The van der Waals surface area contributed by atoms with Gasteiger partial charge < -0.3 is 10.1 Å². The number of amides is 1. The summed E-state index contributed by atoms with van der Waals surface area (Å²) in [4.78, 5) is 10.9. The molecule has 0 unspecified atom stereocenters. The van der Waals surface area contributed by atoms with E-state index in [2.05, 4.69) is 27.0 Å². The molecule has 1 aliphatic rings. The van der Waals surface area contributed by atoms with Crippen molar-refractivity contribution in [1.82, 2.24) is 10.7 Å². The maximum absolute atomic E-state index is 10.9. The second-order valence-corrected chi connectivity index (χ2v) is 3.65. The van der Waals surface area contributed by atoms with Gasteiger partial charge in [0.05, 0.1) is 12.8 Å². The number of rotatable bonds is 2. The number of anilines is 1. The maximum atomic E-state index is 10.9. The molecule has 0 saturated carbocycles. The van der Waals surface area contributed by atoms with Gasteiger partial charge in [-0.3, -0.25) is 5.43 Å². The van der Waals surface area contributed by atoms with Gasteiger partial charge >= 0.3 is 6.09 Å². The molecular weight excluding hydrogens is 206 g/mol. The summed E-state index contributed by atoms with van der Waals surface area (Å²) in [6, 6.07) is 6.04. The fourth-order valence-electron chi connectivity index (χ4n) is 1.73. The molecule has 0 saturated heterocycles. The van der Waals surface area contributed by atoms with E-state index in [1.54, 1.807) is 0 Å². The number of benzene rings is 1. The Morgan fingerprint density at radius 1 is 1.44 bits per heavy atom. The normalized spacial score (nSPS) is 13.8. The molecule has 5 heteroatoms. The van der Waals surface area contributed by atoms with Crippen LogP contribution in [0.25, 0.3) is 0 Å². The molecule has 0 atom stereocenters. The molecule has 1 aromatic carbocycles. The van der Waals surface area contributed by atoms with Gasteiger partial charge in [-0.2, -0.15) is 0 Å². The molecule has 1 heterocycles. The SMILES string of the molecule is COC(=O)NNc1ccc2c(c1)CCNC2. The molecule has 0 aromatic heterocycles. The lowest BCUT2D eigenvalue weighted by Gasteiger charge is -2.18. The van der Waals surface area contributed by atoms with Crippen molar-refractivity contribution in [3.63, 3.8) is 0 Å². The Labute approximate surface area is 94.1 Å². The number of carbonyl (C=O) groups excluding carboxylic acids is 1. The predicted octanol–water partition coefficient (Wildman–Crippen LogP) is 1.02. The van der Waals surface area contributed by atoms with Crippen molar-refractivity contribution in [3.8, 4) is 0 Å². The predicted molar refractivity (Wildman–Crippen MR) is 61.0 cm³/mol. The average molecular weight is 221 g/mol. The molecule has 0 radical (unpaired) electrons. The van der Waals surface area contributed by atoms with Crippen LogP contribution in [0.4, 0.5) is 10.5 Å². The summed E-state index contributed by atoms with van der Waals surface area (Å²) in [5, 5.41) is 3.31. The van der Waals surface area contributed by atoms with E-state index in [0.29, 0.717) is 0 Å². The van der Waals surface area contributed by atoms with Gasteiger partial charge in [0.2, 0.25) is 0 Å². The number of hydrazine groups is 1. The fraction of sp³-hybridized carbons (Fsp3) is 0.364. The minimum absolute atomic E-state index is 0.501. The molecule has 0 bridgehead atoms. The van der Waals surface area contributed by atoms with Gasteiger partial charge in [-0.25, -0.2) is 10.2 Å². The third-order valence-corrected chi connectivity index (χ3v) is 2.59. The monoisotopic (exact) mass is 221 g/mol. The average Bonchev–Trinajstić information content (AvgIpc) is 2.35. The molecule has 1 amide bonds. The van der Waals surface area contributed by atoms with Crippen LogP contribution in [-0.4, -0.2) is 19.7 Å². The molecule has 5 nitrogen and oxygen atoms in total. The number of hydrogen-bond acceptors (Lipinski definition) is 4. The van der Waals surface area contributed by atoms with Gasteiger partial charge in [0.15, 0.2) is 0 Å². The number of ether oxygens (including phenoxy) is 1. The first-order valence-electron chi connectivity index (χ1n) is 5.22. The first kappa shape index (κ1) is 10.8. The van der Waals surface area contributed by atoms with Gasteiger partial charge in [-0.15, -0.1) is 0 Å². The van der Waals surface area contributed by atoms with Crippen LogP contribution < -0.4 is 16.2 Å². The van der Waals surface area contributed by atoms with Crippen molar-refractivity contribution < 1.29 is 9.53 Å². The third-order valence-electron chi connectivity index (χ3n) is 2.59. The summed E-state index contributed by atoms with van der Waals surface area (Å²) < 4.78 is 4.46. The van der Waals surface area contributed by atoms with E-state index in [-0.39, 0.29) is 0 Å². The van der Waals surface area contributed by atoms with E-state index in [0.717, 1.165) is 25.2 Å². The van der Waals surface area contributed by atoms with Crippen LogP contribution in [0, 0.1) is 0 Å². The Bertz CT molecular complexity index is 393. The van der Waals surface area contributed by atoms with Crippen LogP contribution in [-0.2, 0) is 17.7 Å². The van der Waals surface area contributed by atoms with Gasteiger partial charge in [-0.1, -0.05) is 6.07 Å². The van der Waals surface area contributed by atoms with Crippen molar-refractivity contribution >= 4 is 11.8 Å². The molecule has 0 fully saturated rings. The molecule has 86 valence electrons. The first-order chi connectivity index (χ1) is 7.79.